The molecule has 0 aliphatic carbocycles. The van der Waals surface area contributed by atoms with Crippen LogP contribution in [0.25, 0.3) is 0 Å². The van der Waals surface area contributed by atoms with E-state index in [2.05, 4.69) is 20.5 Å². The van der Waals surface area contributed by atoms with Crippen LogP contribution in [0, 0.1) is 0 Å². The van der Waals surface area contributed by atoms with E-state index in [4.69, 9.17) is 11.6 Å². The number of likely N-dealkylation sites (N-methyl/N-ethyl adjacent to an activating group) is 1. The predicted molar refractivity (Wildman–Crippen MR) is 80.4 cm³/mol. The van der Waals surface area contributed by atoms with Gasteiger partial charge in [-0.15, -0.1) is 0 Å². The molecule has 2 aromatic rings. The van der Waals surface area contributed by atoms with Crippen molar-refractivity contribution in [1.29, 1.82) is 0 Å². The molecule has 0 bridgehead atoms. The van der Waals surface area contributed by atoms with Crippen molar-refractivity contribution in [3.8, 4) is 0 Å². The average molecular weight is 312 g/mol. The van der Waals surface area contributed by atoms with E-state index in [1.165, 1.54) is 4.68 Å². The van der Waals surface area contributed by atoms with E-state index in [-0.39, 0.29) is 10.6 Å². The van der Waals surface area contributed by atoms with Crippen LogP contribution in [0.1, 0.15) is 5.82 Å². The second-order valence-electron chi connectivity index (χ2n) is 4.89. The molecule has 9 heteroatoms. The molecule has 0 aliphatic rings. The summed E-state index contributed by atoms with van der Waals surface area (Å²) in [6, 6.07) is 0. The van der Waals surface area contributed by atoms with Crippen LogP contribution in [0.3, 0.4) is 0 Å². The van der Waals surface area contributed by atoms with E-state index in [9.17, 15) is 4.79 Å². The van der Waals surface area contributed by atoms with Gasteiger partial charge in [0.1, 0.15) is 11.3 Å². The van der Waals surface area contributed by atoms with Gasteiger partial charge in [-0.05, 0) is 14.1 Å². The zero-order valence-electron chi connectivity index (χ0n) is 12.2. The number of nitrogens with zero attached hydrogens (tertiary/aromatic N) is 6. The summed E-state index contributed by atoms with van der Waals surface area (Å²) < 4.78 is 2.96. The van der Waals surface area contributed by atoms with Crippen LogP contribution in [0.5, 0.6) is 0 Å². The van der Waals surface area contributed by atoms with Gasteiger partial charge in [0, 0.05) is 13.6 Å². The molecule has 1 N–H and O–H groups in total. The van der Waals surface area contributed by atoms with Crippen LogP contribution in [0.15, 0.2) is 17.3 Å². The minimum Gasteiger partial charge on any atom is -0.375 e. The molecular weight excluding hydrogens is 294 g/mol. The third-order valence-corrected chi connectivity index (χ3v) is 3.19. The summed E-state index contributed by atoms with van der Waals surface area (Å²) in [6.45, 7) is 1.59. The second kappa shape index (κ2) is 6.68. The lowest BCUT2D eigenvalue weighted by Crippen LogP contribution is -2.29. The van der Waals surface area contributed by atoms with Crippen molar-refractivity contribution in [2.45, 2.75) is 13.1 Å². The van der Waals surface area contributed by atoms with Crippen molar-refractivity contribution < 1.29 is 0 Å². The van der Waals surface area contributed by atoms with Gasteiger partial charge < -0.3 is 10.2 Å². The maximum absolute atomic E-state index is 12.1. The molecule has 0 atom stereocenters. The summed E-state index contributed by atoms with van der Waals surface area (Å²) in [5.74, 6) is 0.616. The van der Waals surface area contributed by atoms with Crippen LogP contribution >= 0.6 is 11.6 Å². The zero-order valence-corrected chi connectivity index (χ0v) is 13.0. The molecule has 21 heavy (non-hydrogen) atoms. The number of nitrogens with one attached hydrogen (secondary N) is 1. The third-order valence-electron chi connectivity index (χ3n) is 2.83. The summed E-state index contributed by atoms with van der Waals surface area (Å²) >= 11 is 6.09. The first-order valence-electron chi connectivity index (χ1n) is 6.46. The molecule has 0 aromatic carbocycles. The maximum atomic E-state index is 12.1. The van der Waals surface area contributed by atoms with Gasteiger partial charge in [0.25, 0.3) is 5.56 Å². The maximum Gasteiger partial charge on any atom is 0.287 e. The van der Waals surface area contributed by atoms with E-state index in [1.807, 2.05) is 19.0 Å². The Kier molecular flexibility index (Phi) is 4.92. The molecule has 2 heterocycles. The molecule has 0 unspecified atom stereocenters. The number of aryl methyl sites for hydroxylation is 1. The van der Waals surface area contributed by atoms with Crippen LogP contribution in [-0.2, 0) is 20.1 Å². The lowest BCUT2D eigenvalue weighted by atomic mass is 10.4. The highest BCUT2D eigenvalue weighted by Crippen LogP contribution is 2.15. The van der Waals surface area contributed by atoms with Crippen molar-refractivity contribution >= 4 is 17.3 Å². The monoisotopic (exact) mass is 311 g/mol. The molecule has 114 valence electrons. The number of hydrogen-bond donors (Lipinski definition) is 1. The number of aromatic nitrogens is 5. The molecule has 0 fully saturated rings. The molecule has 0 spiro atoms. The van der Waals surface area contributed by atoms with Gasteiger partial charge in [-0.1, -0.05) is 11.6 Å². The fourth-order valence-corrected chi connectivity index (χ4v) is 1.89. The predicted octanol–water partition coefficient (Wildman–Crippen LogP) is 0.199. The zero-order chi connectivity index (χ0) is 15.4. The van der Waals surface area contributed by atoms with Crippen molar-refractivity contribution in [1.82, 2.24) is 29.4 Å². The van der Waals surface area contributed by atoms with Crippen LogP contribution in [-0.4, -0.2) is 50.1 Å². The highest BCUT2D eigenvalue weighted by Gasteiger charge is 2.10. The van der Waals surface area contributed by atoms with Gasteiger partial charge in [0.15, 0.2) is 5.82 Å². The van der Waals surface area contributed by atoms with Crippen molar-refractivity contribution in [3.05, 3.63) is 33.7 Å². The molecular formula is C12H18ClN7O. The Labute approximate surface area is 127 Å². The largest absolute Gasteiger partial charge is 0.375 e. The molecule has 0 amide bonds. The summed E-state index contributed by atoms with van der Waals surface area (Å²) in [5.41, 5.74) is 0.174. The van der Waals surface area contributed by atoms with Gasteiger partial charge in [0.2, 0.25) is 0 Å². The molecule has 2 rings (SSSR count). The first-order valence-corrected chi connectivity index (χ1v) is 6.84. The first kappa shape index (κ1) is 15.5. The summed E-state index contributed by atoms with van der Waals surface area (Å²) in [5, 5.41) is 11.4. The lowest BCUT2D eigenvalue weighted by Gasteiger charge is -2.12. The highest BCUT2D eigenvalue weighted by molar-refractivity contribution is 6.32. The first-order chi connectivity index (χ1) is 9.97. The Hall–Kier alpha value is -1.93. The molecule has 0 radical (unpaired) electrons. The Bertz CT molecular complexity index is 664. The quantitative estimate of drug-likeness (QED) is 0.821. The van der Waals surface area contributed by atoms with Gasteiger partial charge in [-0.3, -0.25) is 9.48 Å². The highest BCUT2D eigenvalue weighted by atomic mass is 35.5. The van der Waals surface area contributed by atoms with Crippen molar-refractivity contribution in [2.75, 3.05) is 26.0 Å². The lowest BCUT2D eigenvalue weighted by molar-refractivity contribution is 0.367. The average Bonchev–Trinajstić information content (AvgIpc) is 2.85. The van der Waals surface area contributed by atoms with Crippen LogP contribution in [0.4, 0.5) is 5.69 Å². The fraction of sp³-hybridized carbons (Fsp3) is 0.500. The van der Waals surface area contributed by atoms with Gasteiger partial charge in [0.05, 0.1) is 25.0 Å². The number of halogens is 1. The van der Waals surface area contributed by atoms with Gasteiger partial charge >= 0.3 is 0 Å². The SMILES string of the molecule is CN(C)CCn1ncc(NCc2ncn(C)n2)c(Cl)c1=O. The number of anilines is 1. The van der Waals surface area contributed by atoms with E-state index in [1.54, 1.807) is 24.3 Å². The smallest absolute Gasteiger partial charge is 0.287 e. The Morgan fingerprint density at radius 2 is 2.19 bits per heavy atom. The van der Waals surface area contributed by atoms with E-state index in [0.29, 0.717) is 31.1 Å². The van der Waals surface area contributed by atoms with E-state index in [0.717, 1.165) is 0 Å². The van der Waals surface area contributed by atoms with E-state index < -0.39 is 0 Å². The standard InChI is InChI=1S/C12H18ClN7O/c1-18(2)4-5-20-12(21)11(13)9(6-16-20)14-7-10-15-8-19(3)17-10/h6,8,14H,4-5,7H2,1-3H3. The minimum absolute atomic E-state index is 0.125. The van der Waals surface area contributed by atoms with Crippen LogP contribution < -0.4 is 10.9 Å². The Balaban J connectivity index is 2.07. The normalized spacial score (nSPS) is 11.1. The van der Waals surface area contributed by atoms with Crippen molar-refractivity contribution in [2.24, 2.45) is 7.05 Å². The topological polar surface area (TPSA) is 80.9 Å². The fourth-order valence-electron chi connectivity index (χ4n) is 1.68. The van der Waals surface area contributed by atoms with E-state index >= 15 is 0 Å². The van der Waals surface area contributed by atoms with Crippen LogP contribution in [0.2, 0.25) is 5.02 Å². The molecule has 0 saturated heterocycles. The summed E-state index contributed by atoms with van der Waals surface area (Å²) in [4.78, 5) is 18.2. The number of rotatable bonds is 6. The molecule has 2 aromatic heterocycles. The third kappa shape index (κ3) is 4.02. The second-order valence-corrected chi connectivity index (χ2v) is 5.27. The van der Waals surface area contributed by atoms with Gasteiger partial charge in [-0.25, -0.2) is 9.67 Å². The summed E-state index contributed by atoms with van der Waals surface area (Å²) in [7, 11) is 5.65. The Morgan fingerprint density at radius 1 is 1.43 bits per heavy atom. The molecule has 8 nitrogen and oxygen atoms in total. The number of hydrogen-bond acceptors (Lipinski definition) is 6. The van der Waals surface area contributed by atoms with Gasteiger partial charge in [-0.2, -0.15) is 10.2 Å². The molecule has 0 saturated carbocycles. The molecule has 0 aliphatic heterocycles. The summed E-state index contributed by atoms with van der Waals surface area (Å²) in [6.07, 6.45) is 3.15. The van der Waals surface area contributed by atoms with Crippen molar-refractivity contribution in [3.63, 3.8) is 0 Å². The Morgan fingerprint density at radius 3 is 2.81 bits per heavy atom. The minimum atomic E-state index is -0.308.